The Labute approximate surface area is 84.3 Å². The minimum absolute atomic E-state index is 0.0571. The van der Waals surface area contributed by atoms with Crippen molar-refractivity contribution in [3.8, 4) is 0 Å². The van der Waals surface area contributed by atoms with Crippen molar-refractivity contribution in [1.29, 1.82) is 0 Å². The Morgan fingerprint density at radius 1 is 1.43 bits per heavy atom. The van der Waals surface area contributed by atoms with Crippen molar-refractivity contribution >= 4 is 5.91 Å². The highest BCUT2D eigenvalue weighted by Crippen LogP contribution is 2.12. The molecule has 0 fully saturated rings. The summed E-state index contributed by atoms with van der Waals surface area (Å²) >= 11 is 0. The van der Waals surface area contributed by atoms with Crippen LogP contribution in [0.4, 0.5) is 0 Å². The van der Waals surface area contributed by atoms with E-state index < -0.39 is 0 Å². The molecule has 3 nitrogen and oxygen atoms in total. The van der Waals surface area contributed by atoms with Gasteiger partial charge in [0.25, 0.3) is 0 Å². The first-order valence-electron chi connectivity index (χ1n) is 4.75. The van der Waals surface area contributed by atoms with E-state index in [9.17, 15) is 4.79 Å². The summed E-state index contributed by atoms with van der Waals surface area (Å²) in [6, 6.07) is 10.1. The van der Waals surface area contributed by atoms with Crippen LogP contribution in [0, 0.1) is 0 Å². The van der Waals surface area contributed by atoms with E-state index in [0.717, 1.165) is 0 Å². The van der Waals surface area contributed by atoms with Gasteiger partial charge in [-0.05, 0) is 11.5 Å². The van der Waals surface area contributed by atoms with Crippen molar-refractivity contribution < 1.29 is 4.79 Å². The summed E-state index contributed by atoms with van der Waals surface area (Å²) in [6.07, 6.45) is 0. The van der Waals surface area contributed by atoms with Gasteiger partial charge in [-0.15, -0.1) is 0 Å². The monoisotopic (exact) mass is 192 g/mol. The third-order valence-electron chi connectivity index (χ3n) is 2.16. The number of rotatable bonds is 4. The maximum atomic E-state index is 10.9. The molecule has 1 unspecified atom stereocenters. The lowest BCUT2D eigenvalue weighted by molar-refractivity contribution is -0.119. The van der Waals surface area contributed by atoms with Crippen LogP contribution in [-0.2, 0) is 4.79 Å². The van der Waals surface area contributed by atoms with E-state index in [1.54, 1.807) is 0 Å². The van der Waals surface area contributed by atoms with Crippen molar-refractivity contribution in [3.05, 3.63) is 35.9 Å². The zero-order chi connectivity index (χ0) is 10.4. The Morgan fingerprint density at radius 2 is 2.07 bits per heavy atom. The number of hydrogen-bond donors (Lipinski definition) is 2. The Morgan fingerprint density at radius 3 is 2.64 bits per heavy atom. The van der Waals surface area contributed by atoms with Crippen LogP contribution in [0.3, 0.4) is 0 Å². The summed E-state index contributed by atoms with van der Waals surface area (Å²) in [6.45, 7) is 2.77. The van der Waals surface area contributed by atoms with Gasteiger partial charge in [0.05, 0.1) is 6.54 Å². The molecule has 0 radical (unpaired) electrons. The van der Waals surface area contributed by atoms with Crippen molar-refractivity contribution in [2.24, 2.45) is 5.73 Å². The van der Waals surface area contributed by atoms with Crippen LogP contribution in [0.1, 0.15) is 18.4 Å². The zero-order valence-electron chi connectivity index (χ0n) is 8.36. The summed E-state index contributed by atoms with van der Waals surface area (Å²) in [5.41, 5.74) is 6.41. The largest absolute Gasteiger partial charge is 0.354 e. The molecule has 1 rings (SSSR count). The Balaban J connectivity index is 2.43. The second-order valence-electron chi connectivity index (χ2n) is 3.32. The quantitative estimate of drug-likeness (QED) is 0.743. The Bertz CT molecular complexity index is 285. The fourth-order valence-corrected chi connectivity index (χ4v) is 1.24. The summed E-state index contributed by atoms with van der Waals surface area (Å²) in [7, 11) is 0. The second kappa shape index (κ2) is 5.40. The molecule has 14 heavy (non-hydrogen) atoms. The topological polar surface area (TPSA) is 55.1 Å². The average Bonchev–Trinajstić information content (AvgIpc) is 2.26. The smallest absolute Gasteiger partial charge is 0.233 e. The molecule has 0 heterocycles. The van der Waals surface area contributed by atoms with Gasteiger partial charge in [-0.1, -0.05) is 37.3 Å². The summed E-state index contributed by atoms with van der Waals surface area (Å²) in [4.78, 5) is 10.9. The fraction of sp³-hybridized carbons (Fsp3) is 0.364. The SMILES string of the molecule is CC(CNC(=O)CN)c1ccccc1. The summed E-state index contributed by atoms with van der Waals surface area (Å²) in [5.74, 6) is 0.222. The molecule has 3 heteroatoms. The molecule has 3 N–H and O–H groups in total. The summed E-state index contributed by atoms with van der Waals surface area (Å²) < 4.78 is 0. The first-order valence-corrected chi connectivity index (χ1v) is 4.75. The maximum absolute atomic E-state index is 10.9. The normalized spacial score (nSPS) is 12.1. The van der Waals surface area contributed by atoms with Gasteiger partial charge in [0, 0.05) is 6.54 Å². The van der Waals surface area contributed by atoms with Gasteiger partial charge in [0.1, 0.15) is 0 Å². The fourth-order valence-electron chi connectivity index (χ4n) is 1.24. The third kappa shape index (κ3) is 3.18. The maximum Gasteiger partial charge on any atom is 0.233 e. The van der Waals surface area contributed by atoms with Gasteiger partial charge in [-0.25, -0.2) is 0 Å². The van der Waals surface area contributed by atoms with Crippen molar-refractivity contribution in [2.45, 2.75) is 12.8 Å². The summed E-state index contributed by atoms with van der Waals surface area (Å²) in [5, 5.41) is 2.77. The van der Waals surface area contributed by atoms with Crippen LogP contribution in [-0.4, -0.2) is 19.0 Å². The second-order valence-corrected chi connectivity index (χ2v) is 3.32. The lowest BCUT2D eigenvalue weighted by Gasteiger charge is -2.12. The molecule has 0 aliphatic rings. The number of hydrogen-bond acceptors (Lipinski definition) is 2. The van der Waals surface area contributed by atoms with Crippen molar-refractivity contribution in [3.63, 3.8) is 0 Å². The van der Waals surface area contributed by atoms with Crippen LogP contribution < -0.4 is 11.1 Å². The minimum atomic E-state index is -0.104. The number of carbonyl (C=O) groups excluding carboxylic acids is 1. The first kappa shape index (κ1) is 10.7. The van der Waals surface area contributed by atoms with E-state index in [0.29, 0.717) is 12.5 Å². The van der Waals surface area contributed by atoms with E-state index in [-0.39, 0.29) is 12.5 Å². The molecule has 1 atom stereocenters. The van der Waals surface area contributed by atoms with E-state index in [2.05, 4.69) is 24.4 Å². The van der Waals surface area contributed by atoms with Gasteiger partial charge in [-0.2, -0.15) is 0 Å². The number of amides is 1. The van der Waals surface area contributed by atoms with E-state index in [1.165, 1.54) is 5.56 Å². The predicted octanol–water partition coefficient (Wildman–Crippen LogP) is 0.865. The number of nitrogens with two attached hydrogens (primary N) is 1. The molecule has 0 aliphatic heterocycles. The van der Waals surface area contributed by atoms with Crippen molar-refractivity contribution in [1.82, 2.24) is 5.32 Å². The van der Waals surface area contributed by atoms with E-state index >= 15 is 0 Å². The predicted molar refractivity (Wildman–Crippen MR) is 56.9 cm³/mol. The van der Waals surface area contributed by atoms with E-state index in [1.807, 2.05) is 18.2 Å². The minimum Gasteiger partial charge on any atom is -0.354 e. The molecule has 1 amide bonds. The lowest BCUT2D eigenvalue weighted by atomic mass is 10.0. The van der Waals surface area contributed by atoms with Gasteiger partial charge < -0.3 is 11.1 Å². The van der Waals surface area contributed by atoms with Gasteiger partial charge in [-0.3, -0.25) is 4.79 Å². The Kier molecular flexibility index (Phi) is 4.13. The van der Waals surface area contributed by atoms with Gasteiger partial charge in [0.2, 0.25) is 5.91 Å². The zero-order valence-corrected chi connectivity index (χ0v) is 8.36. The highest BCUT2D eigenvalue weighted by atomic mass is 16.1. The highest BCUT2D eigenvalue weighted by molar-refractivity contribution is 5.77. The molecule has 76 valence electrons. The van der Waals surface area contributed by atoms with E-state index in [4.69, 9.17) is 5.73 Å². The van der Waals surface area contributed by atoms with Gasteiger partial charge >= 0.3 is 0 Å². The molecule has 1 aromatic rings. The van der Waals surface area contributed by atoms with Crippen LogP contribution in [0.5, 0.6) is 0 Å². The molecular weight excluding hydrogens is 176 g/mol. The third-order valence-corrected chi connectivity index (χ3v) is 2.16. The lowest BCUT2D eigenvalue weighted by Crippen LogP contribution is -2.32. The average molecular weight is 192 g/mol. The molecule has 0 bridgehead atoms. The molecular formula is C11H16N2O. The number of nitrogens with one attached hydrogen (secondary N) is 1. The number of carbonyl (C=O) groups is 1. The molecule has 0 aliphatic carbocycles. The van der Waals surface area contributed by atoms with Crippen LogP contribution in [0.2, 0.25) is 0 Å². The molecule has 0 saturated heterocycles. The standard InChI is InChI=1S/C11H16N2O/c1-9(8-13-11(14)7-12)10-5-3-2-4-6-10/h2-6,9H,7-8,12H2,1H3,(H,13,14). The molecule has 1 aromatic carbocycles. The number of benzene rings is 1. The first-order chi connectivity index (χ1) is 6.74. The van der Waals surface area contributed by atoms with Crippen molar-refractivity contribution in [2.75, 3.05) is 13.1 Å². The molecule has 0 saturated carbocycles. The molecule has 0 aromatic heterocycles. The molecule has 0 spiro atoms. The Hall–Kier alpha value is -1.35. The van der Waals surface area contributed by atoms with Crippen LogP contribution in [0.25, 0.3) is 0 Å². The van der Waals surface area contributed by atoms with Crippen LogP contribution >= 0.6 is 0 Å². The van der Waals surface area contributed by atoms with Gasteiger partial charge in [0.15, 0.2) is 0 Å². The van der Waals surface area contributed by atoms with Crippen LogP contribution in [0.15, 0.2) is 30.3 Å². The highest BCUT2D eigenvalue weighted by Gasteiger charge is 2.05.